The molecule has 0 N–H and O–H groups in total. The Morgan fingerprint density at radius 3 is 2.12 bits per heavy atom. The number of benzene rings is 2. The molecule has 5 nitrogen and oxygen atoms in total. The van der Waals surface area contributed by atoms with Gasteiger partial charge in [-0.05, 0) is 49.2 Å². The van der Waals surface area contributed by atoms with E-state index in [9.17, 15) is 13.2 Å². The zero-order chi connectivity index (χ0) is 17.9. The van der Waals surface area contributed by atoms with Crippen LogP contribution in [0.3, 0.4) is 0 Å². The molecule has 0 aliphatic rings. The summed E-state index contributed by atoms with van der Waals surface area (Å²) in [5.41, 5.74) is 2.52. The smallest absolute Gasteiger partial charge is 0.264 e. The molecular weight excluding hydrogens is 324 g/mol. The summed E-state index contributed by atoms with van der Waals surface area (Å²) in [7, 11) is -0.612. The van der Waals surface area contributed by atoms with E-state index in [-0.39, 0.29) is 17.3 Å². The van der Waals surface area contributed by atoms with Crippen LogP contribution in [0.4, 0.5) is 5.69 Å². The third kappa shape index (κ3) is 3.76. The number of sulfonamides is 1. The second-order valence-corrected chi connectivity index (χ2v) is 7.74. The molecule has 0 spiro atoms. The standard InChI is InChI=1S/C18H22N2O3S/c1-14-10-11-16(12-15(14)2)20(13-18(21)19(3)4)24(22,23)17-8-6-5-7-9-17/h5-12H,13H2,1-4H3. The van der Waals surface area contributed by atoms with Gasteiger partial charge in [-0.1, -0.05) is 24.3 Å². The van der Waals surface area contributed by atoms with E-state index in [0.29, 0.717) is 5.69 Å². The van der Waals surface area contributed by atoms with Gasteiger partial charge in [-0.15, -0.1) is 0 Å². The molecule has 0 unspecified atom stereocenters. The fraction of sp³-hybridized carbons (Fsp3) is 0.278. The topological polar surface area (TPSA) is 57.7 Å². The molecule has 1 amide bonds. The van der Waals surface area contributed by atoms with Crippen molar-refractivity contribution in [1.82, 2.24) is 4.90 Å². The maximum Gasteiger partial charge on any atom is 0.264 e. The van der Waals surface area contributed by atoms with E-state index in [2.05, 4.69) is 0 Å². The van der Waals surface area contributed by atoms with Gasteiger partial charge in [0, 0.05) is 14.1 Å². The molecule has 2 rings (SSSR count). The maximum atomic E-state index is 13.0. The van der Waals surface area contributed by atoms with Crippen LogP contribution in [0.2, 0.25) is 0 Å². The minimum absolute atomic E-state index is 0.162. The minimum atomic E-state index is -3.83. The van der Waals surface area contributed by atoms with Crippen molar-refractivity contribution in [1.29, 1.82) is 0 Å². The summed E-state index contributed by atoms with van der Waals surface area (Å²) in [6.07, 6.45) is 0. The molecule has 0 bridgehead atoms. The molecule has 24 heavy (non-hydrogen) atoms. The number of anilines is 1. The molecule has 0 aliphatic heterocycles. The molecule has 128 valence electrons. The summed E-state index contributed by atoms with van der Waals surface area (Å²) in [6.45, 7) is 3.63. The largest absolute Gasteiger partial charge is 0.347 e. The average molecular weight is 346 g/mol. The number of aryl methyl sites for hydroxylation is 2. The first-order valence-electron chi connectivity index (χ1n) is 7.58. The highest BCUT2D eigenvalue weighted by Crippen LogP contribution is 2.25. The Bertz CT molecular complexity index is 831. The Morgan fingerprint density at radius 1 is 0.958 bits per heavy atom. The van der Waals surface area contributed by atoms with E-state index in [4.69, 9.17) is 0 Å². The molecule has 0 saturated carbocycles. The second-order valence-electron chi connectivity index (χ2n) is 5.88. The lowest BCUT2D eigenvalue weighted by Gasteiger charge is -2.26. The Balaban J connectivity index is 2.54. The van der Waals surface area contributed by atoms with Crippen LogP contribution < -0.4 is 4.31 Å². The number of likely N-dealkylation sites (N-methyl/N-ethyl adjacent to an activating group) is 1. The van der Waals surface area contributed by atoms with Gasteiger partial charge >= 0.3 is 0 Å². The number of nitrogens with zero attached hydrogens (tertiary/aromatic N) is 2. The van der Waals surface area contributed by atoms with Gasteiger partial charge in [0.25, 0.3) is 10.0 Å². The van der Waals surface area contributed by atoms with E-state index in [1.807, 2.05) is 19.9 Å². The van der Waals surface area contributed by atoms with Crippen molar-refractivity contribution in [3.05, 3.63) is 59.7 Å². The van der Waals surface area contributed by atoms with E-state index < -0.39 is 10.0 Å². The van der Waals surface area contributed by atoms with Crippen LogP contribution >= 0.6 is 0 Å². The third-order valence-corrected chi connectivity index (χ3v) is 5.68. The summed E-state index contributed by atoms with van der Waals surface area (Å²) in [4.78, 5) is 13.7. The summed E-state index contributed by atoms with van der Waals surface area (Å²) < 4.78 is 27.2. The first kappa shape index (κ1) is 18.0. The van der Waals surface area contributed by atoms with Gasteiger partial charge in [0.1, 0.15) is 6.54 Å². The number of hydrogen-bond acceptors (Lipinski definition) is 3. The Labute approximate surface area is 143 Å². The molecule has 0 atom stereocenters. The van der Waals surface area contributed by atoms with Crippen LogP contribution in [0, 0.1) is 13.8 Å². The van der Waals surface area contributed by atoms with Crippen LogP contribution in [0.5, 0.6) is 0 Å². The number of carbonyl (C=O) groups excluding carboxylic acids is 1. The predicted molar refractivity (Wildman–Crippen MR) is 95.6 cm³/mol. The molecule has 0 fully saturated rings. The monoisotopic (exact) mass is 346 g/mol. The molecule has 0 aliphatic carbocycles. The van der Waals surface area contributed by atoms with E-state index in [1.165, 1.54) is 17.0 Å². The van der Waals surface area contributed by atoms with E-state index in [1.54, 1.807) is 44.4 Å². The van der Waals surface area contributed by atoms with Crippen molar-refractivity contribution < 1.29 is 13.2 Å². The highest BCUT2D eigenvalue weighted by atomic mass is 32.2. The summed E-state index contributed by atoms with van der Waals surface area (Å²) in [5.74, 6) is -0.285. The zero-order valence-electron chi connectivity index (χ0n) is 14.4. The Kier molecular flexibility index (Phi) is 5.29. The highest BCUT2D eigenvalue weighted by Gasteiger charge is 2.27. The summed E-state index contributed by atoms with van der Waals surface area (Å²) in [6, 6.07) is 13.5. The zero-order valence-corrected chi connectivity index (χ0v) is 15.2. The molecule has 0 saturated heterocycles. The predicted octanol–water partition coefficient (Wildman–Crippen LogP) is 2.59. The fourth-order valence-electron chi connectivity index (χ4n) is 2.18. The molecule has 2 aromatic carbocycles. The summed E-state index contributed by atoms with van der Waals surface area (Å²) in [5, 5.41) is 0. The third-order valence-electron chi connectivity index (χ3n) is 3.89. The normalized spacial score (nSPS) is 11.2. The summed E-state index contributed by atoms with van der Waals surface area (Å²) >= 11 is 0. The average Bonchev–Trinajstić information content (AvgIpc) is 2.55. The first-order chi connectivity index (χ1) is 11.2. The molecular formula is C18H22N2O3S. The van der Waals surface area contributed by atoms with Crippen molar-refractivity contribution >= 4 is 21.6 Å². The van der Waals surface area contributed by atoms with Gasteiger partial charge in [0.15, 0.2) is 0 Å². The van der Waals surface area contributed by atoms with Crippen molar-refractivity contribution in [2.24, 2.45) is 0 Å². The van der Waals surface area contributed by atoms with Gasteiger partial charge < -0.3 is 4.90 Å². The molecule has 0 heterocycles. The van der Waals surface area contributed by atoms with Crippen LogP contribution in [0.15, 0.2) is 53.4 Å². The Hall–Kier alpha value is -2.34. The first-order valence-corrected chi connectivity index (χ1v) is 9.02. The minimum Gasteiger partial charge on any atom is -0.347 e. The van der Waals surface area contributed by atoms with Gasteiger partial charge in [0.05, 0.1) is 10.6 Å². The van der Waals surface area contributed by atoms with Crippen LogP contribution in [-0.4, -0.2) is 39.9 Å². The van der Waals surface area contributed by atoms with Crippen LogP contribution in [-0.2, 0) is 14.8 Å². The quantitative estimate of drug-likeness (QED) is 0.836. The number of hydrogen-bond donors (Lipinski definition) is 0. The SMILES string of the molecule is Cc1ccc(N(CC(=O)N(C)C)S(=O)(=O)c2ccccc2)cc1C. The lowest BCUT2D eigenvalue weighted by molar-refractivity contribution is -0.127. The molecule has 0 aromatic heterocycles. The highest BCUT2D eigenvalue weighted by molar-refractivity contribution is 7.92. The van der Waals surface area contributed by atoms with E-state index >= 15 is 0 Å². The molecule has 6 heteroatoms. The van der Waals surface area contributed by atoms with Crippen molar-refractivity contribution in [3.8, 4) is 0 Å². The lowest BCUT2D eigenvalue weighted by Crippen LogP contribution is -2.40. The Morgan fingerprint density at radius 2 is 1.58 bits per heavy atom. The molecule has 2 aromatic rings. The number of rotatable bonds is 5. The number of amides is 1. The molecule has 0 radical (unpaired) electrons. The van der Waals surface area contributed by atoms with Crippen LogP contribution in [0.25, 0.3) is 0 Å². The van der Waals surface area contributed by atoms with Gasteiger partial charge in [-0.2, -0.15) is 0 Å². The van der Waals surface area contributed by atoms with Crippen LogP contribution in [0.1, 0.15) is 11.1 Å². The van der Waals surface area contributed by atoms with Crippen molar-refractivity contribution in [2.45, 2.75) is 18.7 Å². The van der Waals surface area contributed by atoms with Crippen molar-refractivity contribution in [3.63, 3.8) is 0 Å². The fourth-order valence-corrected chi connectivity index (χ4v) is 3.61. The van der Waals surface area contributed by atoms with Gasteiger partial charge in [-0.3, -0.25) is 9.10 Å². The maximum absolute atomic E-state index is 13.0. The van der Waals surface area contributed by atoms with Gasteiger partial charge in [0.2, 0.25) is 5.91 Å². The number of carbonyl (C=O) groups is 1. The second kappa shape index (κ2) is 7.05. The lowest BCUT2D eigenvalue weighted by atomic mass is 10.1. The van der Waals surface area contributed by atoms with Gasteiger partial charge in [-0.25, -0.2) is 8.42 Å². The van der Waals surface area contributed by atoms with Crippen molar-refractivity contribution in [2.75, 3.05) is 24.9 Å². The van der Waals surface area contributed by atoms with E-state index in [0.717, 1.165) is 15.4 Å².